The van der Waals surface area contributed by atoms with Crippen molar-refractivity contribution in [1.29, 1.82) is 0 Å². The average Bonchev–Trinajstić information content (AvgIpc) is 2.16. The summed E-state index contributed by atoms with van der Waals surface area (Å²) in [5.74, 6) is -1.19. The van der Waals surface area contributed by atoms with E-state index < -0.39 is 12.0 Å². The molecule has 0 spiro atoms. The van der Waals surface area contributed by atoms with E-state index in [0.717, 1.165) is 9.13 Å². The maximum atomic E-state index is 12.0. The molecule has 0 fully saturated rings. The molecule has 0 aromatic heterocycles. The minimum Gasteiger partial charge on any atom is -0.480 e. The van der Waals surface area contributed by atoms with Crippen LogP contribution in [0.25, 0.3) is 0 Å². The molecule has 0 aliphatic carbocycles. The molecule has 0 amide bonds. The molecule has 3 nitrogen and oxygen atoms in total. The molecule has 0 saturated carbocycles. The number of carboxylic acid groups (broad SMARTS) is 1. The lowest BCUT2D eigenvalue weighted by Crippen LogP contribution is -2.33. The van der Waals surface area contributed by atoms with E-state index in [1.165, 1.54) is 5.54 Å². The summed E-state index contributed by atoms with van der Waals surface area (Å²) in [5, 5.41) is 8.59. The Bertz CT molecular complexity index is 315. The number of carboxylic acids is 1. The number of halogens is 2. The zero-order valence-corrected chi connectivity index (χ0v) is 9.36. The molecule has 1 atom stereocenters. The van der Waals surface area contributed by atoms with Gasteiger partial charge in [-0.3, -0.25) is 4.79 Å². The highest BCUT2D eigenvalue weighted by Gasteiger charge is 2.16. The molecular weight excluding hydrogens is 300 g/mol. The number of benzene rings is 1. The first-order valence-corrected chi connectivity index (χ1v) is 5.04. The molecule has 0 saturated heterocycles. The molecule has 14 heavy (non-hydrogen) atoms. The van der Waals surface area contributed by atoms with Crippen LogP contribution in [0.5, 0.6) is 0 Å². The fraction of sp³-hybridized carbons (Fsp3) is 0.222. The highest BCUT2D eigenvalue weighted by molar-refractivity contribution is 14.1. The number of hydrogen-bond acceptors (Lipinski definition) is 2. The minimum atomic E-state index is -1.19. The van der Waals surface area contributed by atoms with Crippen LogP contribution in [-0.2, 0) is 11.2 Å². The van der Waals surface area contributed by atoms with Gasteiger partial charge in [0.1, 0.15) is 6.04 Å². The predicted octanol–water partition coefficient (Wildman–Crippen LogP) is 1.76. The normalized spacial score (nSPS) is 12.4. The van der Waals surface area contributed by atoms with Gasteiger partial charge in [-0.05, 0) is 40.3 Å². The molecule has 76 valence electrons. The van der Waals surface area contributed by atoms with Crippen LogP contribution < -0.4 is 5.54 Å². The fourth-order valence-electron chi connectivity index (χ4n) is 1.03. The molecule has 0 aliphatic rings. The van der Waals surface area contributed by atoms with E-state index >= 15 is 0 Å². The van der Waals surface area contributed by atoms with Crippen molar-refractivity contribution >= 4 is 28.6 Å². The highest BCUT2D eigenvalue weighted by atomic mass is 127. The van der Waals surface area contributed by atoms with Gasteiger partial charge in [0, 0.05) is 9.99 Å². The molecule has 2 N–H and O–H groups in total. The van der Waals surface area contributed by atoms with Crippen LogP contribution in [0, 0.1) is 3.57 Å². The van der Waals surface area contributed by atoms with Gasteiger partial charge in [-0.2, -0.15) is 0 Å². The first-order valence-electron chi connectivity index (χ1n) is 3.97. The molecule has 0 bridgehead atoms. The number of rotatable bonds is 4. The Morgan fingerprint density at radius 2 is 2.07 bits per heavy atom. The molecule has 1 rings (SSSR count). The summed E-state index contributed by atoms with van der Waals surface area (Å²) in [5.41, 5.74) is 2.06. The van der Waals surface area contributed by atoms with Crippen LogP contribution >= 0.6 is 22.6 Å². The highest BCUT2D eigenvalue weighted by Crippen LogP contribution is 2.08. The summed E-state index contributed by atoms with van der Waals surface area (Å²) in [6, 6.07) is 6.11. The van der Waals surface area contributed by atoms with Crippen LogP contribution in [0.1, 0.15) is 5.56 Å². The summed E-state index contributed by atoms with van der Waals surface area (Å²) >= 11 is 2.15. The Kier molecular flexibility index (Phi) is 4.27. The maximum absolute atomic E-state index is 12.0. The molecular formula is C9H9FINO2. The van der Waals surface area contributed by atoms with Crippen LogP contribution in [0.2, 0.25) is 0 Å². The topological polar surface area (TPSA) is 49.3 Å². The van der Waals surface area contributed by atoms with Gasteiger partial charge in [0.2, 0.25) is 0 Å². The van der Waals surface area contributed by atoms with Gasteiger partial charge in [0.15, 0.2) is 0 Å². The summed E-state index contributed by atoms with van der Waals surface area (Å²) in [7, 11) is 0. The first kappa shape index (κ1) is 11.4. The lowest BCUT2D eigenvalue weighted by molar-refractivity contribution is -0.140. The SMILES string of the molecule is O=C(O)C(Cc1ccc(I)cc1)NF. The lowest BCUT2D eigenvalue weighted by atomic mass is 10.1. The Hall–Kier alpha value is -0.690. The standard InChI is InChI=1S/C9H9FINO2/c10-12-8(9(13)14)5-6-1-3-7(11)4-2-6/h1-4,8,12H,5H2,(H,13,14). The van der Waals surface area contributed by atoms with Crippen molar-refractivity contribution in [3.05, 3.63) is 33.4 Å². The van der Waals surface area contributed by atoms with Gasteiger partial charge < -0.3 is 5.11 Å². The van der Waals surface area contributed by atoms with Crippen LogP contribution in [-0.4, -0.2) is 17.1 Å². The van der Waals surface area contributed by atoms with Crippen LogP contribution in [0.4, 0.5) is 4.48 Å². The number of hydrogen-bond donors (Lipinski definition) is 2. The zero-order chi connectivity index (χ0) is 10.6. The van der Waals surface area contributed by atoms with Crippen molar-refractivity contribution in [1.82, 2.24) is 5.54 Å². The Labute approximate surface area is 94.4 Å². The quantitative estimate of drug-likeness (QED) is 0.658. The van der Waals surface area contributed by atoms with Crippen LogP contribution in [0.15, 0.2) is 24.3 Å². The zero-order valence-electron chi connectivity index (χ0n) is 7.21. The second kappa shape index (κ2) is 5.26. The van der Waals surface area contributed by atoms with Crippen molar-refractivity contribution in [2.75, 3.05) is 0 Å². The molecule has 1 aromatic carbocycles. The fourth-order valence-corrected chi connectivity index (χ4v) is 1.39. The van der Waals surface area contributed by atoms with Gasteiger partial charge >= 0.3 is 5.97 Å². The second-order valence-electron chi connectivity index (χ2n) is 2.83. The predicted molar refractivity (Wildman–Crippen MR) is 58.5 cm³/mol. The summed E-state index contributed by atoms with van der Waals surface area (Å²) in [6.07, 6.45) is 0.142. The average molecular weight is 309 g/mol. The van der Waals surface area contributed by atoms with Gasteiger partial charge in [0.05, 0.1) is 0 Å². The molecule has 0 radical (unpaired) electrons. The van der Waals surface area contributed by atoms with Gasteiger partial charge in [-0.15, -0.1) is 10.0 Å². The number of carbonyl (C=O) groups is 1. The van der Waals surface area contributed by atoms with E-state index in [1.54, 1.807) is 12.1 Å². The minimum absolute atomic E-state index is 0.142. The molecule has 1 unspecified atom stereocenters. The third-order valence-corrected chi connectivity index (χ3v) is 2.50. The van der Waals surface area contributed by atoms with Crippen molar-refractivity contribution in [2.45, 2.75) is 12.5 Å². The van der Waals surface area contributed by atoms with Gasteiger partial charge in [0.25, 0.3) is 0 Å². The van der Waals surface area contributed by atoms with E-state index in [4.69, 9.17) is 5.11 Å². The first-order chi connectivity index (χ1) is 6.63. The lowest BCUT2D eigenvalue weighted by Gasteiger charge is -2.08. The summed E-state index contributed by atoms with van der Waals surface area (Å²) in [6.45, 7) is 0. The summed E-state index contributed by atoms with van der Waals surface area (Å²) in [4.78, 5) is 10.5. The number of nitrogens with one attached hydrogen (secondary N) is 1. The molecule has 5 heteroatoms. The third kappa shape index (κ3) is 3.22. The van der Waals surface area contributed by atoms with Crippen LogP contribution in [0.3, 0.4) is 0 Å². The Morgan fingerprint density at radius 1 is 1.50 bits per heavy atom. The van der Waals surface area contributed by atoms with E-state index in [2.05, 4.69) is 22.6 Å². The Morgan fingerprint density at radius 3 is 2.50 bits per heavy atom. The molecule has 0 aliphatic heterocycles. The van der Waals surface area contributed by atoms with E-state index in [9.17, 15) is 9.28 Å². The number of aliphatic carboxylic acids is 1. The van der Waals surface area contributed by atoms with E-state index in [0.29, 0.717) is 0 Å². The van der Waals surface area contributed by atoms with Crippen molar-refractivity contribution < 1.29 is 14.4 Å². The largest absolute Gasteiger partial charge is 0.480 e. The van der Waals surface area contributed by atoms with Gasteiger partial charge in [-0.1, -0.05) is 12.1 Å². The monoisotopic (exact) mass is 309 g/mol. The molecule has 0 heterocycles. The Balaban J connectivity index is 2.67. The van der Waals surface area contributed by atoms with Crippen molar-refractivity contribution in [2.24, 2.45) is 0 Å². The smallest absolute Gasteiger partial charge is 0.323 e. The van der Waals surface area contributed by atoms with Crippen molar-refractivity contribution in [3.63, 3.8) is 0 Å². The summed E-state index contributed by atoms with van der Waals surface area (Å²) < 4.78 is 13.1. The van der Waals surface area contributed by atoms with E-state index in [-0.39, 0.29) is 6.42 Å². The maximum Gasteiger partial charge on any atom is 0.323 e. The molecule has 1 aromatic rings. The van der Waals surface area contributed by atoms with Crippen molar-refractivity contribution in [3.8, 4) is 0 Å². The second-order valence-corrected chi connectivity index (χ2v) is 4.08. The van der Waals surface area contributed by atoms with E-state index in [1.807, 2.05) is 12.1 Å². The van der Waals surface area contributed by atoms with Gasteiger partial charge in [-0.25, -0.2) is 0 Å². The third-order valence-electron chi connectivity index (χ3n) is 1.78.